The van der Waals surface area contributed by atoms with Crippen molar-refractivity contribution in [3.05, 3.63) is 211 Å². The monoisotopic (exact) mass is 1170 g/mol. The van der Waals surface area contributed by atoms with Crippen LogP contribution < -0.4 is 10.6 Å². The number of amides is 2. The number of hydrogen-bond acceptors (Lipinski definition) is 14. The molecule has 7 heterocycles. The minimum atomic E-state index is -0.489. The van der Waals surface area contributed by atoms with Gasteiger partial charge in [-0.15, -0.1) is 0 Å². The Labute approximate surface area is 496 Å². The van der Waals surface area contributed by atoms with Crippen molar-refractivity contribution in [2.45, 2.75) is 39.5 Å². The Hall–Kier alpha value is -8.22. The molecule has 0 spiro atoms. The minimum absolute atomic E-state index is 0.197. The Morgan fingerprint density at radius 1 is 0.390 bits per heavy atom. The van der Waals surface area contributed by atoms with Gasteiger partial charge in [0, 0.05) is 103 Å². The quantitative estimate of drug-likeness (QED) is 0.0640. The van der Waals surface area contributed by atoms with Gasteiger partial charge in [-0.3, -0.25) is 9.59 Å². The third-order valence-corrected chi connectivity index (χ3v) is 15.4. The second-order valence-electron chi connectivity index (χ2n) is 18.0. The van der Waals surface area contributed by atoms with E-state index in [1.165, 1.54) is 0 Å². The lowest BCUT2D eigenvalue weighted by Gasteiger charge is -2.06. The van der Waals surface area contributed by atoms with Crippen LogP contribution in [0.5, 0.6) is 0 Å². The van der Waals surface area contributed by atoms with E-state index in [-0.39, 0.29) is 25.0 Å². The number of thioether (sulfide) groups is 2. The minimum Gasteiger partial charge on any atom is -0.461 e. The predicted octanol–water partition coefficient (Wildman–Crippen LogP) is 11.4. The van der Waals surface area contributed by atoms with Crippen molar-refractivity contribution < 1.29 is 46.6 Å². The summed E-state index contributed by atoms with van der Waals surface area (Å²) in [6, 6.07) is 37.5. The molecular weight excluding hydrogens is 1110 g/mol. The van der Waals surface area contributed by atoms with Crippen LogP contribution in [0.2, 0.25) is 0 Å². The molecule has 0 atom stereocenters. The average molecular weight is 1170 g/mol. The number of carbonyl (C=O) groups excluding carboxylic acids is 6. The van der Waals surface area contributed by atoms with Gasteiger partial charge in [-0.05, 0) is 146 Å². The maximum absolute atomic E-state index is 13.2. The summed E-state index contributed by atoms with van der Waals surface area (Å²) in [5.41, 5.74) is 7.23. The maximum Gasteiger partial charge on any atom is 0.350 e. The molecule has 0 saturated carbocycles. The van der Waals surface area contributed by atoms with Crippen LogP contribution in [0.4, 0.5) is 0 Å². The molecule has 0 unspecified atom stereocenters. The van der Waals surface area contributed by atoms with Crippen molar-refractivity contribution >= 4 is 83.3 Å². The molecule has 13 rings (SSSR count). The molecule has 2 amide bonds. The molecule has 0 fully saturated rings. The number of carbonyl (C=O) groups is 6. The summed E-state index contributed by atoms with van der Waals surface area (Å²) in [7, 11) is 0. The molecule has 12 bridgehead atoms. The average Bonchev–Trinajstić information content (AvgIpc) is 3.50. The zero-order valence-corrected chi connectivity index (χ0v) is 48.6. The van der Waals surface area contributed by atoms with Crippen LogP contribution in [0.3, 0.4) is 0 Å². The molecule has 12 nitrogen and oxygen atoms in total. The van der Waals surface area contributed by atoms with Gasteiger partial charge in [-0.2, -0.15) is 23.5 Å². The normalized spacial score (nSPS) is 13.8. The van der Waals surface area contributed by atoms with Gasteiger partial charge in [0.2, 0.25) is 0 Å². The standard InChI is InChI=1S/C66H58N2O10S4/c1-3-5-31-67-61(69)59-43-51-11-7-47-15-23-55(24-16-47)63(71)75-33-35-79-37-39-81-77-65(73)57-27-19-49(20-28-57)9-13-53-42-54(46-60(45-53)62(70)68-32-6-4-2)14-10-50-21-29-58(30-22-50)66(74)78-82-40-38-80-36-34-76-64(72)56-25-17-48(18-26-56)8-12-52(41-51)44-59/h15-30,41-46H,3-6,31-40H2,1-2H3,(H,67,69)(H,68,70). The van der Waals surface area contributed by atoms with Crippen LogP contribution in [0.25, 0.3) is 0 Å². The third-order valence-electron chi connectivity index (χ3n) is 11.7. The fourth-order valence-corrected chi connectivity index (χ4v) is 10.2. The smallest absolute Gasteiger partial charge is 0.350 e. The van der Waals surface area contributed by atoms with Crippen LogP contribution in [0.1, 0.15) is 146 Å². The Morgan fingerprint density at radius 3 is 0.988 bits per heavy atom. The highest BCUT2D eigenvalue weighted by atomic mass is 32.2. The highest BCUT2D eigenvalue weighted by Crippen LogP contribution is 2.18. The van der Waals surface area contributed by atoms with E-state index in [2.05, 4.69) is 71.8 Å². The van der Waals surface area contributed by atoms with Gasteiger partial charge in [0.05, 0.1) is 46.3 Å². The topological polar surface area (TPSA) is 163 Å². The Morgan fingerprint density at radius 2 is 0.683 bits per heavy atom. The summed E-state index contributed by atoms with van der Waals surface area (Å²) in [6.07, 6.45) is 3.55. The van der Waals surface area contributed by atoms with Gasteiger partial charge >= 0.3 is 23.9 Å². The van der Waals surface area contributed by atoms with Crippen LogP contribution in [0, 0.1) is 47.4 Å². The van der Waals surface area contributed by atoms with Gasteiger partial charge in [0.25, 0.3) is 11.8 Å². The number of ether oxygens (including phenoxy) is 2. The number of esters is 2. The van der Waals surface area contributed by atoms with Crippen molar-refractivity contribution in [1.29, 1.82) is 0 Å². The first kappa shape index (κ1) is 61.4. The van der Waals surface area contributed by atoms with Crippen LogP contribution >= 0.6 is 47.6 Å². The Bertz CT molecular complexity index is 3050. The summed E-state index contributed by atoms with van der Waals surface area (Å²) >= 11 is 5.21. The van der Waals surface area contributed by atoms with Crippen molar-refractivity contribution in [1.82, 2.24) is 10.6 Å². The largest absolute Gasteiger partial charge is 0.461 e. The summed E-state index contributed by atoms with van der Waals surface area (Å²) < 4.78 is 21.9. The molecular formula is C66H58N2O10S4. The number of unbranched alkanes of at least 4 members (excludes halogenated alkanes) is 2. The molecule has 2 N–H and O–H groups in total. The van der Waals surface area contributed by atoms with Crippen LogP contribution in [-0.2, 0) is 17.8 Å². The number of hydrogen-bond donors (Lipinski definition) is 2. The molecule has 7 aliphatic heterocycles. The molecule has 416 valence electrons. The Kier molecular flexibility index (Phi) is 25.1. The van der Waals surface area contributed by atoms with E-state index >= 15 is 0 Å². The summed E-state index contributed by atoms with van der Waals surface area (Å²) in [5, 5.41) is 5.91. The van der Waals surface area contributed by atoms with E-state index in [1.54, 1.807) is 157 Å². The first-order chi connectivity index (χ1) is 40.0. The molecule has 6 aromatic carbocycles. The molecule has 0 aliphatic carbocycles. The molecule has 0 radical (unpaired) electrons. The van der Waals surface area contributed by atoms with E-state index in [4.69, 9.17) is 17.8 Å². The highest BCUT2D eigenvalue weighted by molar-refractivity contribution is 8.01. The van der Waals surface area contributed by atoms with E-state index < -0.39 is 23.9 Å². The van der Waals surface area contributed by atoms with Crippen molar-refractivity contribution in [2.75, 3.05) is 60.8 Å². The van der Waals surface area contributed by atoms with E-state index in [1.807, 2.05) is 0 Å². The van der Waals surface area contributed by atoms with E-state index in [0.717, 1.165) is 49.8 Å². The first-order valence-electron chi connectivity index (χ1n) is 26.6. The fraction of sp³-hybridized carbons (Fsp3) is 0.242. The van der Waals surface area contributed by atoms with E-state index in [0.29, 0.717) is 125 Å². The number of nitrogens with one attached hydrogen (secondary N) is 2. The van der Waals surface area contributed by atoms with Crippen molar-refractivity contribution in [3.8, 4) is 47.4 Å². The van der Waals surface area contributed by atoms with Gasteiger partial charge < -0.3 is 28.5 Å². The summed E-state index contributed by atoms with van der Waals surface area (Å²) in [6.45, 7) is 5.57. The van der Waals surface area contributed by atoms with Crippen LogP contribution in [-0.4, -0.2) is 96.5 Å². The summed E-state index contributed by atoms with van der Waals surface area (Å²) in [4.78, 5) is 77.7. The van der Waals surface area contributed by atoms with Gasteiger partial charge in [-0.25, -0.2) is 19.2 Å². The summed E-state index contributed by atoms with van der Waals surface area (Å²) in [5.74, 6) is 26.1. The molecule has 82 heavy (non-hydrogen) atoms. The van der Waals surface area contributed by atoms with Gasteiger partial charge in [0.1, 0.15) is 13.2 Å². The highest BCUT2D eigenvalue weighted by Gasteiger charge is 2.14. The zero-order chi connectivity index (χ0) is 57.7. The molecule has 6 aromatic rings. The second-order valence-corrected chi connectivity index (χ2v) is 22.1. The first-order valence-corrected chi connectivity index (χ1v) is 30.7. The predicted molar refractivity (Wildman–Crippen MR) is 328 cm³/mol. The zero-order valence-electron chi connectivity index (χ0n) is 45.3. The van der Waals surface area contributed by atoms with E-state index in [9.17, 15) is 28.8 Å². The van der Waals surface area contributed by atoms with Gasteiger partial charge in [-0.1, -0.05) is 74.1 Å². The number of rotatable bonds is 8. The van der Waals surface area contributed by atoms with Crippen molar-refractivity contribution in [2.24, 2.45) is 0 Å². The molecule has 7 aliphatic rings. The molecule has 0 saturated heterocycles. The van der Waals surface area contributed by atoms with Crippen molar-refractivity contribution in [3.63, 3.8) is 0 Å². The fourth-order valence-electron chi connectivity index (χ4n) is 7.33. The molecule has 0 aromatic heterocycles. The number of benzene rings is 6. The lowest BCUT2D eigenvalue weighted by Crippen LogP contribution is -2.24. The Balaban J connectivity index is 1.01. The third kappa shape index (κ3) is 20.7. The SMILES string of the molecule is CCCCNC(=O)c1cc2cc(c1)C#Cc1ccc(cc1)C(=O)OCCSCCSOC(=O)c1ccc(cc1)C#Cc1cc(cc(C(=O)NCCCC)c1)C#Cc1ccc(cc1)C(=O)OSCCSCCOC(=O)c1ccc(cc1)C#C2. The lowest BCUT2D eigenvalue weighted by atomic mass is 10.0. The van der Waals surface area contributed by atoms with Crippen LogP contribution in [0.15, 0.2) is 133 Å². The second kappa shape index (κ2) is 33.5. The molecule has 16 heteroatoms. The maximum atomic E-state index is 13.2. The van der Waals surface area contributed by atoms with Gasteiger partial charge in [0.15, 0.2) is 0 Å². The lowest BCUT2D eigenvalue weighted by molar-refractivity contribution is 0.0521.